The van der Waals surface area contributed by atoms with E-state index in [1.54, 1.807) is 11.3 Å². The van der Waals surface area contributed by atoms with Crippen LogP contribution in [-0.4, -0.2) is 48.8 Å². The van der Waals surface area contributed by atoms with Gasteiger partial charge >= 0.3 is 6.03 Å². The van der Waals surface area contributed by atoms with Crippen LogP contribution in [0.4, 0.5) is 4.79 Å². The minimum Gasteiger partial charge on any atom is -0.396 e. The summed E-state index contributed by atoms with van der Waals surface area (Å²) in [5.41, 5.74) is 0. The topological polar surface area (TPSA) is 64.6 Å². The van der Waals surface area contributed by atoms with Crippen molar-refractivity contribution in [3.63, 3.8) is 0 Å². The van der Waals surface area contributed by atoms with E-state index in [2.05, 4.69) is 40.1 Å². The van der Waals surface area contributed by atoms with Crippen LogP contribution in [-0.2, 0) is 0 Å². The van der Waals surface area contributed by atoms with Gasteiger partial charge in [0.25, 0.3) is 0 Å². The van der Waals surface area contributed by atoms with E-state index in [9.17, 15) is 4.79 Å². The molecule has 24 heavy (non-hydrogen) atoms. The summed E-state index contributed by atoms with van der Waals surface area (Å²) in [4.78, 5) is 16.0. The zero-order valence-corrected chi connectivity index (χ0v) is 15.0. The Morgan fingerprint density at radius 1 is 1.46 bits per heavy atom. The highest BCUT2D eigenvalue weighted by atomic mass is 32.1. The molecule has 2 aliphatic rings. The lowest BCUT2D eigenvalue weighted by molar-refractivity contribution is 0.123. The second-order valence-corrected chi connectivity index (χ2v) is 7.85. The van der Waals surface area contributed by atoms with Gasteiger partial charge in [0, 0.05) is 36.0 Å². The van der Waals surface area contributed by atoms with Gasteiger partial charge in [0.2, 0.25) is 0 Å². The van der Waals surface area contributed by atoms with Gasteiger partial charge in [0.15, 0.2) is 0 Å². The van der Waals surface area contributed by atoms with E-state index < -0.39 is 0 Å². The van der Waals surface area contributed by atoms with Gasteiger partial charge in [0.1, 0.15) is 0 Å². The molecule has 6 heteroatoms. The number of rotatable bonds is 5. The predicted octanol–water partition coefficient (Wildman–Crippen LogP) is 2.37. The van der Waals surface area contributed by atoms with E-state index in [1.807, 2.05) is 12.2 Å². The Kier molecular flexibility index (Phi) is 5.92. The van der Waals surface area contributed by atoms with Crippen LogP contribution < -0.4 is 10.6 Å². The number of thiophene rings is 1. The summed E-state index contributed by atoms with van der Waals surface area (Å²) in [7, 11) is 2.18. The van der Waals surface area contributed by atoms with Gasteiger partial charge < -0.3 is 15.7 Å². The lowest BCUT2D eigenvalue weighted by Gasteiger charge is -2.38. The first-order valence-corrected chi connectivity index (χ1v) is 9.62. The number of aliphatic hydroxyl groups excluding tert-OH is 1. The van der Waals surface area contributed by atoms with Gasteiger partial charge in [0.05, 0.1) is 0 Å². The molecular weight excluding hydrogens is 322 g/mol. The monoisotopic (exact) mass is 349 g/mol. The molecule has 1 saturated heterocycles. The van der Waals surface area contributed by atoms with Gasteiger partial charge in [-0.15, -0.1) is 11.3 Å². The lowest BCUT2D eigenvalue weighted by Crippen LogP contribution is -2.46. The third-order valence-electron chi connectivity index (χ3n) is 5.09. The molecule has 2 unspecified atom stereocenters. The molecule has 5 nitrogen and oxygen atoms in total. The number of nitrogens with zero attached hydrogens (tertiary/aromatic N) is 1. The average molecular weight is 350 g/mol. The second kappa shape index (κ2) is 8.14. The average Bonchev–Trinajstić information content (AvgIpc) is 3.24. The molecule has 0 bridgehead atoms. The summed E-state index contributed by atoms with van der Waals surface area (Å²) in [6.45, 7) is 1.95. The van der Waals surface area contributed by atoms with Crippen molar-refractivity contribution in [1.29, 1.82) is 0 Å². The SMILES string of the molecule is CN1CCCC(CNC(=O)N[C@@H]2C=C[C@H](CO)C2)C1c1cccs1. The minimum absolute atomic E-state index is 0.0317. The number of nitrogens with one attached hydrogen (secondary N) is 2. The maximum atomic E-state index is 12.2. The van der Waals surface area contributed by atoms with Crippen molar-refractivity contribution in [2.24, 2.45) is 11.8 Å². The molecule has 1 aliphatic carbocycles. The molecule has 0 radical (unpaired) electrons. The smallest absolute Gasteiger partial charge is 0.315 e. The van der Waals surface area contributed by atoms with E-state index in [0.29, 0.717) is 18.5 Å². The van der Waals surface area contributed by atoms with Crippen LogP contribution in [0.15, 0.2) is 29.7 Å². The number of hydrogen-bond acceptors (Lipinski definition) is 4. The molecule has 3 rings (SSSR count). The Labute approximate surface area is 147 Å². The molecule has 0 saturated carbocycles. The Bertz CT molecular complexity index is 561. The normalized spacial score (nSPS) is 30.4. The molecule has 4 atom stereocenters. The Morgan fingerprint density at radius 3 is 3.04 bits per heavy atom. The van der Waals surface area contributed by atoms with Crippen LogP contribution in [0.2, 0.25) is 0 Å². The molecule has 3 N–H and O–H groups in total. The van der Waals surface area contributed by atoms with Crippen LogP contribution >= 0.6 is 11.3 Å². The highest BCUT2D eigenvalue weighted by Gasteiger charge is 2.31. The van der Waals surface area contributed by atoms with Gasteiger partial charge in [-0.25, -0.2) is 4.79 Å². The summed E-state index contributed by atoms with van der Waals surface area (Å²) in [5.74, 6) is 0.614. The summed E-state index contributed by atoms with van der Waals surface area (Å²) >= 11 is 1.80. The maximum Gasteiger partial charge on any atom is 0.315 e. The summed E-state index contributed by atoms with van der Waals surface area (Å²) in [6, 6.07) is 4.61. The Balaban J connectivity index is 1.51. The van der Waals surface area contributed by atoms with Crippen molar-refractivity contribution < 1.29 is 9.90 Å². The van der Waals surface area contributed by atoms with E-state index in [1.165, 1.54) is 11.3 Å². The number of carbonyl (C=O) groups excluding carboxylic acids is 1. The number of piperidine rings is 1. The van der Waals surface area contributed by atoms with Crippen molar-refractivity contribution in [2.45, 2.75) is 31.3 Å². The fourth-order valence-corrected chi connectivity index (χ4v) is 4.83. The van der Waals surface area contributed by atoms with Crippen molar-refractivity contribution >= 4 is 17.4 Å². The van der Waals surface area contributed by atoms with Crippen molar-refractivity contribution in [2.75, 3.05) is 26.7 Å². The Morgan fingerprint density at radius 2 is 2.33 bits per heavy atom. The highest BCUT2D eigenvalue weighted by molar-refractivity contribution is 7.10. The standard InChI is InChI=1S/C18H27N3O2S/c1-21-8-2-4-14(17(21)16-5-3-9-24-16)11-19-18(23)20-15-7-6-13(10-15)12-22/h3,5-7,9,13-15,17,22H,2,4,8,10-12H2,1H3,(H2,19,20,23)/t13-,14?,15+,17?/m0/s1. The summed E-state index contributed by atoms with van der Waals surface area (Å²) in [6.07, 6.45) is 7.06. The molecule has 132 valence electrons. The van der Waals surface area contributed by atoms with Crippen LogP contribution in [0.3, 0.4) is 0 Å². The number of carbonyl (C=O) groups is 1. The fraction of sp³-hybridized carbons (Fsp3) is 0.611. The highest BCUT2D eigenvalue weighted by Crippen LogP contribution is 2.36. The first-order chi connectivity index (χ1) is 11.7. The fourth-order valence-electron chi connectivity index (χ4n) is 3.84. The number of amides is 2. The van der Waals surface area contributed by atoms with E-state index in [-0.39, 0.29) is 24.6 Å². The summed E-state index contributed by atoms with van der Waals surface area (Å²) < 4.78 is 0. The van der Waals surface area contributed by atoms with Gasteiger partial charge in [-0.2, -0.15) is 0 Å². The molecule has 1 aromatic heterocycles. The molecule has 0 aromatic carbocycles. The van der Waals surface area contributed by atoms with E-state index in [0.717, 1.165) is 19.4 Å². The van der Waals surface area contributed by atoms with Crippen molar-refractivity contribution in [1.82, 2.24) is 15.5 Å². The number of hydrogen-bond donors (Lipinski definition) is 3. The van der Waals surface area contributed by atoms with Crippen molar-refractivity contribution in [3.8, 4) is 0 Å². The third-order valence-corrected chi connectivity index (χ3v) is 6.03. The third kappa shape index (κ3) is 4.18. The van der Waals surface area contributed by atoms with Gasteiger partial charge in [-0.3, -0.25) is 4.90 Å². The first kappa shape index (κ1) is 17.5. The Hall–Kier alpha value is -1.37. The summed E-state index contributed by atoms with van der Waals surface area (Å²) in [5, 5.41) is 17.3. The largest absolute Gasteiger partial charge is 0.396 e. The lowest BCUT2D eigenvalue weighted by atomic mass is 9.88. The van der Waals surface area contributed by atoms with Crippen LogP contribution in [0, 0.1) is 11.8 Å². The van der Waals surface area contributed by atoms with Crippen LogP contribution in [0.5, 0.6) is 0 Å². The molecule has 1 fully saturated rings. The van der Waals surface area contributed by atoms with Crippen LogP contribution in [0.25, 0.3) is 0 Å². The maximum absolute atomic E-state index is 12.2. The predicted molar refractivity (Wildman–Crippen MR) is 97.1 cm³/mol. The zero-order valence-electron chi connectivity index (χ0n) is 14.1. The number of urea groups is 1. The number of likely N-dealkylation sites (tertiary alicyclic amines) is 1. The molecule has 1 aliphatic heterocycles. The van der Waals surface area contributed by atoms with E-state index in [4.69, 9.17) is 5.11 Å². The minimum atomic E-state index is -0.110. The van der Waals surface area contributed by atoms with E-state index >= 15 is 0 Å². The first-order valence-electron chi connectivity index (χ1n) is 8.74. The molecule has 1 aromatic rings. The second-order valence-electron chi connectivity index (χ2n) is 6.87. The van der Waals surface area contributed by atoms with Crippen LogP contribution in [0.1, 0.15) is 30.2 Å². The number of aliphatic hydroxyl groups is 1. The van der Waals surface area contributed by atoms with Gasteiger partial charge in [-0.1, -0.05) is 18.2 Å². The quantitative estimate of drug-likeness (QED) is 0.715. The van der Waals surface area contributed by atoms with Gasteiger partial charge in [-0.05, 0) is 50.2 Å². The molecule has 2 amide bonds. The molecule has 2 heterocycles. The molecular formula is C18H27N3O2S. The molecule has 0 spiro atoms. The van der Waals surface area contributed by atoms with Crippen molar-refractivity contribution in [3.05, 3.63) is 34.5 Å². The zero-order chi connectivity index (χ0) is 16.9.